The van der Waals surface area contributed by atoms with E-state index < -0.39 is 10.0 Å². The summed E-state index contributed by atoms with van der Waals surface area (Å²) >= 11 is 0. The number of pyridine rings is 1. The van der Waals surface area contributed by atoms with Crippen LogP contribution in [0.2, 0.25) is 0 Å². The van der Waals surface area contributed by atoms with E-state index in [0.717, 1.165) is 24.3 Å². The van der Waals surface area contributed by atoms with Crippen molar-refractivity contribution in [3.05, 3.63) is 54.4 Å². The molecule has 0 spiro atoms. The summed E-state index contributed by atoms with van der Waals surface area (Å²) < 4.78 is 27.0. The first-order valence-corrected chi connectivity index (χ1v) is 10.5. The lowest BCUT2D eigenvalue weighted by molar-refractivity contribution is -0.377. The van der Waals surface area contributed by atoms with Crippen molar-refractivity contribution in [2.45, 2.75) is 18.2 Å². The van der Waals surface area contributed by atoms with E-state index in [-0.39, 0.29) is 23.8 Å². The van der Waals surface area contributed by atoms with E-state index in [0.29, 0.717) is 13.1 Å². The Kier molecular flexibility index (Phi) is 6.08. The minimum atomic E-state index is -3.58. The van der Waals surface area contributed by atoms with Crippen molar-refractivity contribution in [1.82, 2.24) is 9.62 Å². The van der Waals surface area contributed by atoms with Gasteiger partial charge in [-0.25, -0.2) is 18.1 Å². The van der Waals surface area contributed by atoms with Crippen molar-refractivity contribution in [1.29, 1.82) is 0 Å². The number of aromatic nitrogens is 1. The van der Waals surface area contributed by atoms with Gasteiger partial charge in [-0.1, -0.05) is 17.7 Å². The maximum Gasteiger partial charge on any atom is 0.240 e. The number of hydrogen-bond donors (Lipinski definition) is 1. The molecule has 0 atom stereocenters. The van der Waals surface area contributed by atoms with Crippen LogP contribution in [0.5, 0.6) is 0 Å². The van der Waals surface area contributed by atoms with Gasteiger partial charge in [0, 0.05) is 57.0 Å². The van der Waals surface area contributed by atoms with Crippen molar-refractivity contribution in [3.63, 3.8) is 0 Å². The number of carbonyl (C=O) groups is 1. The highest BCUT2D eigenvalue weighted by molar-refractivity contribution is 7.89. The molecule has 1 aliphatic rings. The monoisotopic (exact) mass is 389 g/mol. The largest absolute Gasteiger partial charge is 0.368 e. The molecule has 3 rings (SSSR count). The smallest absolute Gasteiger partial charge is 0.240 e. The molecule has 2 N–H and O–H groups in total. The molecule has 144 valence electrons. The van der Waals surface area contributed by atoms with Crippen LogP contribution in [0.4, 0.5) is 5.69 Å². The minimum absolute atomic E-state index is 0.0253. The van der Waals surface area contributed by atoms with Crippen LogP contribution in [-0.4, -0.2) is 51.9 Å². The van der Waals surface area contributed by atoms with Gasteiger partial charge in [0.2, 0.25) is 15.9 Å². The summed E-state index contributed by atoms with van der Waals surface area (Å²) in [6, 6.07) is 10.7. The fourth-order valence-corrected chi connectivity index (χ4v) is 4.09. The number of anilines is 1. The van der Waals surface area contributed by atoms with E-state index in [1.165, 1.54) is 0 Å². The SMILES string of the molecule is Cc1ccc(S(=O)(=O)NCCC(=O)N2CCN(c3cc[nH+]cc3)CC2)cc1. The third kappa shape index (κ3) is 5.05. The van der Waals surface area contributed by atoms with Crippen molar-refractivity contribution in [2.75, 3.05) is 37.6 Å². The molecular formula is C19H25N4O3S+. The molecule has 0 radical (unpaired) electrons. The van der Waals surface area contributed by atoms with Gasteiger partial charge >= 0.3 is 0 Å². The van der Waals surface area contributed by atoms with Gasteiger partial charge in [-0.15, -0.1) is 0 Å². The van der Waals surface area contributed by atoms with Crippen LogP contribution in [0, 0.1) is 6.92 Å². The highest BCUT2D eigenvalue weighted by Crippen LogP contribution is 2.14. The summed E-state index contributed by atoms with van der Waals surface area (Å²) in [5, 5.41) is 0. The van der Waals surface area contributed by atoms with E-state index in [4.69, 9.17) is 0 Å². The zero-order chi connectivity index (χ0) is 19.3. The summed E-state index contributed by atoms with van der Waals surface area (Å²) in [6.07, 6.45) is 3.92. The van der Waals surface area contributed by atoms with Crippen molar-refractivity contribution >= 4 is 21.6 Å². The summed E-state index contributed by atoms with van der Waals surface area (Å²) in [5.74, 6) is -0.0253. The summed E-state index contributed by atoms with van der Waals surface area (Å²) in [4.78, 5) is 19.6. The Bertz CT molecular complexity index is 862. The van der Waals surface area contributed by atoms with Crippen LogP contribution in [0.3, 0.4) is 0 Å². The normalized spacial score (nSPS) is 15.0. The second-order valence-corrected chi connectivity index (χ2v) is 8.35. The molecule has 1 aromatic heterocycles. The first kappa shape index (κ1) is 19.3. The van der Waals surface area contributed by atoms with Crippen LogP contribution in [-0.2, 0) is 14.8 Å². The number of piperazine rings is 1. The molecule has 1 fully saturated rings. The number of aromatic amines is 1. The van der Waals surface area contributed by atoms with Crippen LogP contribution in [0.15, 0.2) is 53.7 Å². The van der Waals surface area contributed by atoms with E-state index >= 15 is 0 Å². The number of sulfonamides is 1. The maximum absolute atomic E-state index is 12.4. The molecule has 0 aliphatic carbocycles. The number of H-pyrrole nitrogens is 1. The van der Waals surface area contributed by atoms with Crippen molar-refractivity contribution in [2.24, 2.45) is 0 Å². The molecule has 2 aromatic rings. The molecular weight excluding hydrogens is 364 g/mol. The van der Waals surface area contributed by atoms with Gasteiger partial charge in [-0.2, -0.15) is 0 Å². The predicted molar refractivity (Wildman–Crippen MR) is 103 cm³/mol. The van der Waals surface area contributed by atoms with E-state index in [9.17, 15) is 13.2 Å². The fourth-order valence-electron chi connectivity index (χ4n) is 3.05. The number of benzene rings is 1. The number of nitrogens with zero attached hydrogens (tertiary/aromatic N) is 2. The first-order valence-electron chi connectivity index (χ1n) is 9.01. The first-order chi connectivity index (χ1) is 13.0. The molecule has 0 bridgehead atoms. The van der Waals surface area contributed by atoms with Crippen molar-refractivity contribution < 1.29 is 18.2 Å². The Morgan fingerprint density at radius 2 is 1.67 bits per heavy atom. The Labute approximate surface area is 160 Å². The van der Waals surface area contributed by atoms with Crippen molar-refractivity contribution in [3.8, 4) is 0 Å². The van der Waals surface area contributed by atoms with Crippen LogP contribution >= 0.6 is 0 Å². The van der Waals surface area contributed by atoms with Gasteiger partial charge < -0.3 is 9.80 Å². The number of nitrogens with one attached hydrogen (secondary N) is 2. The van der Waals surface area contributed by atoms with Crippen LogP contribution < -0.4 is 14.6 Å². The second kappa shape index (κ2) is 8.49. The zero-order valence-electron chi connectivity index (χ0n) is 15.4. The average molecular weight is 390 g/mol. The molecule has 1 aliphatic heterocycles. The lowest BCUT2D eigenvalue weighted by Gasteiger charge is -2.35. The summed E-state index contributed by atoms with van der Waals surface area (Å²) in [5.41, 5.74) is 2.13. The van der Waals surface area contributed by atoms with Crippen LogP contribution in [0.25, 0.3) is 0 Å². The third-order valence-corrected chi connectivity index (χ3v) is 6.14. The molecule has 1 amide bonds. The number of amides is 1. The Balaban J connectivity index is 1.45. The highest BCUT2D eigenvalue weighted by Gasteiger charge is 2.22. The number of hydrogen-bond acceptors (Lipinski definition) is 4. The third-order valence-electron chi connectivity index (χ3n) is 4.66. The molecule has 8 heteroatoms. The summed E-state index contributed by atoms with van der Waals surface area (Å²) in [6.45, 7) is 4.82. The molecule has 27 heavy (non-hydrogen) atoms. The molecule has 1 aromatic carbocycles. The number of carbonyl (C=O) groups excluding carboxylic acids is 1. The van der Waals surface area contributed by atoms with E-state index in [1.807, 2.05) is 31.5 Å². The van der Waals surface area contributed by atoms with E-state index in [2.05, 4.69) is 14.6 Å². The quantitative estimate of drug-likeness (QED) is 0.793. The molecule has 1 saturated heterocycles. The second-order valence-electron chi connectivity index (χ2n) is 6.59. The molecule has 7 nitrogen and oxygen atoms in total. The van der Waals surface area contributed by atoms with Gasteiger partial charge in [0.25, 0.3) is 0 Å². The molecule has 0 unspecified atom stereocenters. The van der Waals surface area contributed by atoms with Gasteiger partial charge in [-0.3, -0.25) is 4.79 Å². The lowest BCUT2D eigenvalue weighted by Crippen LogP contribution is -2.49. The Morgan fingerprint density at radius 1 is 1.04 bits per heavy atom. The van der Waals surface area contributed by atoms with Gasteiger partial charge in [0.1, 0.15) is 0 Å². The predicted octanol–water partition coefficient (Wildman–Crippen LogP) is 0.826. The van der Waals surface area contributed by atoms with Gasteiger partial charge in [0.15, 0.2) is 12.4 Å². The summed E-state index contributed by atoms with van der Waals surface area (Å²) in [7, 11) is -3.58. The lowest BCUT2D eigenvalue weighted by atomic mass is 10.2. The minimum Gasteiger partial charge on any atom is -0.368 e. The van der Waals surface area contributed by atoms with Gasteiger partial charge in [0.05, 0.1) is 4.90 Å². The average Bonchev–Trinajstić information content (AvgIpc) is 2.69. The fraction of sp³-hybridized carbons (Fsp3) is 0.368. The molecule has 2 heterocycles. The van der Waals surface area contributed by atoms with Gasteiger partial charge in [-0.05, 0) is 19.1 Å². The number of rotatable bonds is 6. The Morgan fingerprint density at radius 3 is 2.30 bits per heavy atom. The Hall–Kier alpha value is -2.45. The van der Waals surface area contributed by atoms with E-state index in [1.54, 1.807) is 29.2 Å². The van der Waals surface area contributed by atoms with Crippen LogP contribution in [0.1, 0.15) is 12.0 Å². The highest BCUT2D eigenvalue weighted by atomic mass is 32.2. The molecule has 0 saturated carbocycles. The maximum atomic E-state index is 12.4. The number of aryl methyl sites for hydroxylation is 1. The topological polar surface area (TPSA) is 83.9 Å². The standard InChI is InChI=1S/C19H24N4O3S/c1-16-2-4-18(5-3-16)27(25,26)21-11-8-19(24)23-14-12-22(13-15-23)17-6-9-20-10-7-17/h2-7,9-10,21H,8,11-15H2,1H3/p+1. The zero-order valence-corrected chi connectivity index (χ0v) is 16.2.